The van der Waals surface area contributed by atoms with Gasteiger partial charge in [-0.15, -0.1) is 0 Å². The van der Waals surface area contributed by atoms with Crippen molar-refractivity contribution in [3.63, 3.8) is 0 Å². The van der Waals surface area contributed by atoms with Crippen LogP contribution in [0.3, 0.4) is 0 Å². The molecule has 122 valence electrons. The topological polar surface area (TPSA) is 60.7 Å². The number of benzene rings is 1. The number of pyridine rings is 1. The number of nitrogens with zero attached hydrogens (tertiary/aromatic N) is 1. The minimum Gasteiger partial charge on any atom is -0.482 e. The third-order valence-corrected chi connectivity index (χ3v) is 4.63. The van der Waals surface area contributed by atoms with Crippen molar-refractivity contribution in [2.75, 3.05) is 13.7 Å². The number of ether oxygens (including phenoxy) is 2. The van der Waals surface area contributed by atoms with Gasteiger partial charge in [0.25, 0.3) is 5.56 Å². The molecule has 2 heterocycles. The van der Waals surface area contributed by atoms with Crippen LogP contribution in [0.1, 0.15) is 18.5 Å². The van der Waals surface area contributed by atoms with E-state index in [-0.39, 0.29) is 12.2 Å². The minimum atomic E-state index is -0.949. The van der Waals surface area contributed by atoms with E-state index in [1.54, 1.807) is 32.4 Å². The SMILES string of the molecule is COCC1(C)Oc2ccc(Br)cc2C(n2ccccc2=O)C1O. The largest absolute Gasteiger partial charge is 0.482 e. The molecule has 1 N–H and O–H groups in total. The molecule has 0 fully saturated rings. The fraction of sp³-hybridized carbons (Fsp3) is 0.353. The smallest absolute Gasteiger partial charge is 0.251 e. The second-order valence-electron chi connectivity index (χ2n) is 5.87. The van der Waals surface area contributed by atoms with E-state index in [0.717, 1.165) is 10.0 Å². The number of hydrogen-bond donors (Lipinski definition) is 1. The van der Waals surface area contributed by atoms with Gasteiger partial charge in [0.15, 0.2) is 5.60 Å². The summed E-state index contributed by atoms with van der Waals surface area (Å²) in [6.07, 6.45) is 0.740. The lowest BCUT2D eigenvalue weighted by atomic mass is 9.85. The Labute approximate surface area is 142 Å². The molecule has 0 amide bonds. The summed E-state index contributed by atoms with van der Waals surface area (Å²) in [5.41, 5.74) is -0.367. The molecule has 0 aliphatic carbocycles. The first-order valence-electron chi connectivity index (χ1n) is 7.29. The minimum absolute atomic E-state index is 0.177. The molecule has 1 aromatic heterocycles. The molecule has 3 atom stereocenters. The lowest BCUT2D eigenvalue weighted by Gasteiger charge is -2.44. The van der Waals surface area contributed by atoms with Gasteiger partial charge < -0.3 is 19.1 Å². The highest BCUT2D eigenvalue weighted by Crippen LogP contribution is 2.42. The number of hydrogen-bond acceptors (Lipinski definition) is 4. The number of methoxy groups -OCH3 is 1. The highest BCUT2D eigenvalue weighted by Gasteiger charge is 2.47. The van der Waals surface area contributed by atoms with E-state index in [1.807, 2.05) is 18.2 Å². The zero-order chi connectivity index (χ0) is 16.6. The van der Waals surface area contributed by atoms with Crippen LogP contribution in [0.5, 0.6) is 5.75 Å². The van der Waals surface area contributed by atoms with E-state index in [9.17, 15) is 9.90 Å². The summed E-state index contributed by atoms with van der Waals surface area (Å²) in [7, 11) is 1.56. The van der Waals surface area contributed by atoms with Gasteiger partial charge in [-0.3, -0.25) is 4.79 Å². The summed E-state index contributed by atoms with van der Waals surface area (Å²) in [4.78, 5) is 12.3. The second kappa shape index (κ2) is 6.11. The third-order valence-electron chi connectivity index (χ3n) is 4.14. The van der Waals surface area contributed by atoms with Gasteiger partial charge in [-0.2, -0.15) is 0 Å². The van der Waals surface area contributed by atoms with E-state index < -0.39 is 17.7 Å². The molecule has 3 rings (SSSR count). The predicted molar refractivity (Wildman–Crippen MR) is 89.9 cm³/mol. The van der Waals surface area contributed by atoms with Gasteiger partial charge in [-0.05, 0) is 31.2 Å². The maximum Gasteiger partial charge on any atom is 0.251 e. The van der Waals surface area contributed by atoms with Crippen LogP contribution >= 0.6 is 15.9 Å². The Bertz CT molecular complexity index is 775. The number of fused-ring (bicyclic) bond motifs is 1. The van der Waals surface area contributed by atoms with Gasteiger partial charge >= 0.3 is 0 Å². The van der Waals surface area contributed by atoms with Crippen LogP contribution in [0, 0.1) is 0 Å². The van der Waals surface area contributed by atoms with Crippen LogP contribution in [-0.2, 0) is 4.74 Å². The maximum absolute atomic E-state index is 12.3. The van der Waals surface area contributed by atoms with Gasteiger partial charge in [0, 0.05) is 29.4 Å². The van der Waals surface area contributed by atoms with Gasteiger partial charge in [0.05, 0.1) is 12.6 Å². The Morgan fingerprint density at radius 1 is 1.39 bits per heavy atom. The van der Waals surface area contributed by atoms with Crippen molar-refractivity contribution >= 4 is 15.9 Å². The first-order valence-corrected chi connectivity index (χ1v) is 8.08. The lowest BCUT2D eigenvalue weighted by Crippen LogP contribution is -2.56. The van der Waals surface area contributed by atoms with Crippen molar-refractivity contribution in [2.24, 2.45) is 0 Å². The van der Waals surface area contributed by atoms with E-state index in [4.69, 9.17) is 9.47 Å². The van der Waals surface area contributed by atoms with Crippen molar-refractivity contribution in [1.82, 2.24) is 4.57 Å². The molecule has 5 nitrogen and oxygen atoms in total. The molecule has 3 unspecified atom stereocenters. The standard InChI is InChI=1S/C17H18BrNO4/c1-17(10-22-2)16(21)15(19-8-4-3-5-14(19)20)12-9-11(18)6-7-13(12)23-17/h3-9,15-16,21H,10H2,1-2H3. The third kappa shape index (κ3) is 2.82. The molecule has 1 aliphatic rings. The van der Waals surface area contributed by atoms with Crippen LogP contribution in [0.4, 0.5) is 0 Å². The summed E-state index contributed by atoms with van der Waals surface area (Å²) in [5.74, 6) is 0.638. The number of aromatic nitrogens is 1. The summed E-state index contributed by atoms with van der Waals surface area (Å²) in [6.45, 7) is 1.99. The maximum atomic E-state index is 12.3. The van der Waals surface area contributed by atoms with Crippen LogP contribution in [0.25, 0.3) is 0 Å². The van der Waals surface area contributed by atoms with E-state index >= 15 is 0 Å². The van der Waals surface area contributed by atoms with E-state index in [0.29, 0.717) is 5.75 Å². The fourth-order valence-electron chi connectivity index (χ4n) is 3.03. The quantitative estimate of drug-likeness (QED) is 0.888. The molecule has 1 aliphatic heterocycles. The van der Waals surface area contributed by atoms with E-state index in [2.05, 4.69) is 15.9 Å². The fourth-order valence-corrected chi connectivity index (χ4v) is 3.41. The van der Waals surface area contributed by atoms with Crippen LogP contribution in [-0.4, -0.2) is 35.1 Å². The average molecular weight is 380 g/mol. The van der Waals surface area contributed by atoms with Crippen LogP contribution in [0.15, 0.2) is 51.9 Å². The molecule has 6 heteroatoms. The van der Waals surface area contributed by atoms with Crippen molar-refractivity contribution in [3.05, 3.63) is 63.0 Å². The zero-order valence-electron chi connectivity index (χ0n) is 12.9. The molecular formula is C17H18BrNO4. The Balaban J connectivity index is 2.21. The van der Waals surface area contributed by atoms with Crippen molar-refractivity contribution in [3.8, 4) is 5.75 Å². The van der Waals surface area contributed by atoms with Gasteiger partial charge in [0.2, 0.25) is 0 Å². The number of halogens is 1. The van der Waals surface area contributed by atoms with E-state index in [1.165, 1.54) is 10.6 Å². The Hall–Kier alpha value is -1.63. The summed E-state index contributed by atoms with van der Waals surface area (Å²) in [5, 5.41) is 11.0. The normalized spacial score (nSPS) is 26.4. The summed E-state index contributed by atoms with van der Waals surface area (Å²) < 4.78 is 13.6. The number of aliphatic hydroxyl groups excluding tert-OH is 1. The highest BCUT2D eigenvalue weighted by molar-refractivity contribution is 9.10. The van der Waals surface area contributed by atoms with Crippen LogP contribution < -0.4 is 10.3 Å². The first-order chi connectivity index (χ1) is 11.0. The Kier molecular flexibility index (Phi) is 4.31. The molecule has 1 aromatic carbocycles. The van der Waals surface area contributed by atoms with Gasteiger partial charge in [0.1, 0.15) is 11.9 Å². The molecule has 0 radical (unpaired) electrons. The first kappa shape index (κ1) is 16.2. The lowest BCUT2D eigenvalue weighted by molar-refractivity contribution is -0.109. The van der Waals surface area contributed by atoms with Crippen molar-refractivity contribution < 1.29 is 14.6 Å². The monoisotopic (exact) mass is 379 g/mol. The molecule has 2 aromatic rings. The molecule has 0 spiro atoms. The molecule has 0 bridgehead atoms. The number of aliphatic hydroxyl groups is 1. The van der Waals surface area contributed by atoms with Gasteiger partial charge in [-0.1, -0.05) is 22.0 Å². The van der Waals surface area contributed by atoms with Crippen molar-refractivity contribution in [2.45, 2.75) is 24.7 Å². The Morgan fingerprint density at radius 2 is 2.17 bits per heavy atom. The second-order valence-corrected chi connectivity index (χ2v) is 6.78. The van der Waals surface area contributed by atoms with Crippen molar-refractivity contribution in [1.29, 1.82) is 0 Å². The predicted octanol–water partition coefficient (Wildman–Crippen LogP) is 2.36. The molecule has 23 heavy (non-hydrogen) atoms. The van der Waals surface area contributed by atoms with Gasteiger partial charge in [-0.25, -0.2) is 0 Å². The zero-order valence-corrected chi connectivity index (χ0v) is 14.5. The average Bonchev–Trinajstić information content (AvgIpc) is 2.51. The summed E-state index contributed by atoms with van der Waals surface area (Å²) in [6, 6.07) is 9.96. The molecular weight excluding hydrogens is 362 g/mol. The summed E-state index contributed by atoms with van der Waals surface area (Å²) >= 11 is 3.44. The molecule has 0 saturated carbocycles. The van der Waals surface area contributed by atoms with Crippen LogP contribution in [0.2, 0.25) is 0 Å². The highest BCUT2D eigenvalue weighted by atomic mass is 79.9. The number of rotatable bonds is 3. The Morgan fingerprint density at radius 3 is 2.87 bits per heavy atom. The molecule has 0 saturated heterocycles.